The summed E-state index contributed by atoms with van der Waals surface area (Å²) in [5.41, 5.74) is 10.1. The van der Waals surface area contributed by atoms with Crippen molar-refractivity contribution in [2.24, 2.45) is 23.7 Å². The topological polar surface area (TPSA) is 279 Å². The van der Waals surface area contributed by atoms with Crippen LogP contribution in [0.2, 0.25) is 0 Å². The molecule has 344 valence electrons. The molecule has 4 amide bonds. The number of halogens is 2. The van der Waals surface area contributed by atoms with E-state index in [1.807, 2.05) is 0 Å². The summed E-state index contributed by atoms with van der Waals surface area (Å²) < 4.78 is 30.2. The monoisotopic (exact) mass is 876 g/mol. The molecule has 2 aliphatic carbocycles. The van der Waals surface area contributed by atoms with E-state index in [1.54, 1.807) is 23.6 Å². The fourth-order valence-electron chi connectivity index (χ4n) is 8.97. The average molecular weight is 877 g/mol. The van der Waals surface area contributed by atoms with Crippen molar-refractivity contribution in [2.75, 3.05) is 60.0 Å². The predicted octanol–water partition coefficient (Wildman–Crippen LogP) is 3.58. The highest BCUT2D eigenvalue weighted by atomic mass is 19.1. The lowest BCUT2D eigenvalue weighted by Gasteiger charge is -2.25. The van der Waals surface area contributed by atoms with Crippen LogP contribution in [0.1, 0.15) is 102 Å². The van der Waals surface area contributed by atoms with Crippen LogP contribution in [0.25, 0.3) is 0 Å². The summed E-state index contributed by atoms with van der Waals surface area (Å²) in [7, 11) is 0. The van der Waals surface area contributed by atoms with Gasteiger partial charge < -0.3 is 40.9 Å². The third-order valence-corrected chi connectivity index (χ3v) is 12.1. The molecule has 0 unspecified atom stereocenters. The number of rotatable bonds is 18. The number of aliphatic hydroxyl groups excluding tert-OH is 2. The normalized spacial score (nSPS) is 20.0. The summed E-state index contributed by atoms with van der Waals surface area (Å²) in [6.07, 6.45) is 10.4. The molecule has 10 N–H and O–H groups in total. The minimum Gasteiger partial charge on any atom is -0.465 e. The summed E-state index contributed by atoms with van der Waals surface area (Å²) in [5.74, 6) is -2.14. The lowest BCUT2D eigenvalue weighted by atomic mass is 9.92. The molecule has 2 aromatic rings. The van der Waals surface area contributed by atoms with Crippen LogP contribution in [0, 0.1) is 49.2 Å². The number of aromatic nitrogens is 4. The molecule has 0 bridgehead atoms. The number of hydrogen-bond donors (Lipinski definition) is 10. The fraction of sp³-hybridized carbons (Fsp3) is 0.700. The highest BCUT2D eigenvalue weighted by molar-refractivity contribution is 5.81. The lowest BCUT2D eigenvalue weighted by molar-refractivity contribution is -0.125. The Bertz CT molecular complexity index is 1710. The van der Waals surface area contributed by atoms with Gasteiger partial charge in [-0.15, -0.1) is 0 Å². The van der Waals surface area contributed by atoms with Crippen LogP contribution in [0.4, 0.5) is 41.6 Å². The highest BCUT2D eigenvalue weighted by Crippen LogP contribution is 2.33. The van der Waals surface area contributed by atoms with E-state index in [2.05, 4.69) is 52.3 Å². The number of nitrogens with one attached hydrogen (secondary N) is 6. The van der Waals surface area contributed by atoms with Gasteiger partial charge in [0.1, 0.15) is 11.6 Å². The van der Waals surface area contributed by atoms with E-state index in [1.165, 1.54) is 0 Å². The van der Waals surface area contributed by atoms with Crippen LogP contribution in [-0.4, -0.2) is 116 Å². The molecule has 62 heavy (non-hydrogen) atoms. The Morgan fingerprint density at radius 3 is 1.32 bits per heavy atom. The van der Waals surface area contributed by atoms with E-state index in [0.717, 1.165) is 77.0 Å². The van der Waals surface area contributed by atoms with Crippen molar-refractivity contribution >= 4 is 47.3 Å². The number of carboxylic acid groups (broad SMARTS) is 2. The molecular formula is C40H62F2N12O8. The van der Waals surface area contributed by atoms with Crippen molar-refractivity contribution in [3.8, 4) is 0 Å². The van der Waals surface area contributed by atoms with Crippen LogP contribution in [0.3, 0.4) is 0 Å². The quantitative estimate of drug-likeness (QED) is 0.0959. The first-order valence-corrected chi connectivity index (χ1v) is 21.7. The number of nitrogens with zero attached hydrogens (tertiary/aromatic N) is 6. The maximum absolute atomic E-state index is 15.1. The van der Waals surface area contributed by atoms with Crippen molar-refractivity contribution in [3.63, 3.8) is 0 Å². The number of aliphatic hydroxyl groups is 2. The molecule has 4 aliphatic rings. The van der Waals surface area contributed by atoms with Gasteiger partial charge in [-0.05, 0) is 64.2 Å². The second kappa shape index (κ2) is 23.2. The van der Waals surface area contributed by atoms with Gasteiger partial charge >= 0.3 is 12.2 Å². The van der Waals surface area contributed by atoms with Gasteiger partial charge in [-0.3, -0.25) is 31.3 Å². The molecule has 6 rings (SSSR count). The van der Waals surface area contributed by atoms with Crippen LogP contribution >= 0.6 is 0 Å². The van der Waals surface area contributed by atoms with E-state index in [9.17, 15) is 29.4 Å². The number of carbonyl (C=O) groups excluding carboxylic acids is 2. The molecule has 2 saturated heterocycles. The predicted molar refractivity (Wildman–Crippen MR) is 224 cm³/mol. The van der Waals surface area contributed by atoms with Gasteiger partial charge in [0.15, 0.2) is 23.3 Å². The molecule has 0 aromatic carbocycles. The Kier molecular flexibility index (Phi) is 17.8. The summed E-state index contributed by atoms with van der Waals surface area (Å²) in [6, 6.07) is -0.409. The molecule has 22 heteroatoms. The van der Waals surface area contributed by atoms with E-state index >= 15 is 8.78 Å². The van der Waals surface area contributed by atoms with E-state index in [-0.39, 0.29) is 61.7 Å². The zero-order valence-corrected chi connectivity index (χ0v) is 35.5. The first-order chi connectivity index (χ1) is 29.8. The third kappa shape index (κ3) is 13.3. The van der Waals surface area contributed by atoms with Gasteiger partial charge in [0, 0.05) is 26.2 Å². The minimum absolute atomic E-state index is 0.0121. The molecule has 2 saturated carbocycles. The molecule has 2 aromatic heterocycles. The fourth-order valence-corrected chi connectivity index (χ4v) is 8.97. The maximum Gasteiger partial charge on any atom is 0.404 e. The average Bonchev–Trinajstić information content (AvgIpc) is 4.10. The first-order valence-electron chi connectivity index (χ1n) is 21.7. The summed E-state index contributed by atoms with van der Waals surface area (Å²) in [4.78, 5) is 67.2. The molecule has 4 atom stereocenters. The van der Waals surface area contributed by atoms with Gasteiger partial charge in [-0.1, -0.05) is 51.4 Å². The van der Waals surface area contributed by atoms with E-state index in [0.29, 0.717) is 49.4 Å². The molecule has 0 radical (unpaired) electrons. The van der Waals surface area contributed by atoms with Gasteiger partial charge in [-0.2, -0.15) is 8.78 Å². The number of carbonyl (C=O) groups is 4. The van der Waals surface area contributed by atoms with Gasteiger partial charge in [0.2, 0.25) is 23.4 Å². The largest absolute Gasteiger partial charge is 0.465 e. The van der Waals surface area contributed by atoms with Crippen LogP contribution in [0.5, 0.6) is 0 Å². The molecule has 4 fully saturated rings. The molecule has 4 heterocycles. The van der Waals surface area contributed by atoms with Crippen LogP contribution < -0.4 is 42.1 Å². The highest BCUT2D eigenvalue weighted by Gasteiger charge is 2.32. The Morgan fingerprint density at radius 2 is 0.984 bits per heavy atom. The second-order valence-corrected chi connectivity index (χ2v) is 16.6. The molecule has 20 nitrogen and oxygen atoms in total. The van der Waals surface area contributed by atoms with Crippen molar-refractivity contribution in [1.82, 2.24) is 41.4 Å². The van der Waals surface area contributed by atoms with E-state index in [4.69, 9.17) is 10.2 Å². The van der Waals surface area contributed by atoms with Gasteiger partial charge in [0.25, 0.3) is 0 Å². The number of hydrazine groups is 2. The number of hydrogen-bond acceptors (Lipinski definition) is 14. The number of aryl methyl sites for hydroxylation is 2. The SMILES string of the molecule is Cc1nc(NNC(=O)[C@@H](CNC(=O)O)CC2CCCC2)c(F)c(N2CCC[C@H]2CO)n1.Cc1nc(NNC(=O)[C@@H](CNC(=O)O)CC2CCCC2)c(F)c(N2CCC[C@H]2CO)n1. The number of anilines is 4. The minimum atomic E-state index is -1.19. The van der Waals surface area contributed by atoms with Gasteiger partial charge in [0.05, 0.1) is 37.1 Å². The Balaban J connectivity index is 0.000000234. The van der Waals surface area contributed by atoms with Crippen LogP contribution in [-0.2, 0) is 9.59 Å². The molecular weight excluding hydrogens is 815 g/mol. The first kappa shape index (κ1) is 47.7. The van der Waals surface area contributed by atoms with Crippen molar-refractivity contribution in [1.29, 1.82) is 0 Å². The standard InChI is InChI=1S/2C20H31FN6O4/c2*1-12-23-17(16(21)18(24-12)27-8-4-7-15(27)11-28)25-26-19(29)14(10-22-20(30)31)9-13-5-2-3-6-13/h2*13-15,22,28H,2-11H2,1H3,(H,26,29)(H,30,31)(H,23,24,25)/t2*14-,15+/m11/s1. The lowest BCUT2D eigenvalue weighted by Crippen LogP contribution is -2.42. The Hall–Kier alpha value is -5.38. The zero-order chi connectivity index (χ0) is 44.8. The van der Waals surface area contributed by atoms with Crippen molar-refractivity contribution in [3.05, 3.63) is 23.3 Å². The van der Waals surface area contributed by atoms with E-state index < -0.39 is 47.5 Å². The molecule has 0 spiro atoms. The Labute approximate surface area is 359 Å². The maximum atomic E-state index is 15.1. The Morgan fingerprint density at radius 1 is 0.613 bits per heavy atom. The third-order valence-electron chi connectivity index (χ3n) is 12.1. The smallest absolute Gasteiger partial charge is 0.404 e. The summed E-state index contributed by atoms with van der Waals surface area (Å²) in [6.45, 7) is 4.19. The van der Waals surface area contributed by atoms with Crippen LogP contribution in [0.15, 0.2) is 0 Å². The van der Waals surface area contributed by atoms with Crippen molar-refractivity contribution in [2.45, 2.75) is 116 Å². The number of amides is 4. The zero-order valence-electron chi connectivity index (χ0n) is 35.5. The second-order valence-electron chi connectivity index (χ2n) is 16.6. The summed E-state index contributed by atoms with van der Waals surface area (Å²) >= 11 is 0. The van der Waals surface area contributed by atoms with Crippen molar-refractivity contribution < 1.29 is 48.4 Å². The van der Waals surface area contributed by atoms with Gasteiger partial charge in [-0.25, -0.2) is 29.5 Å². The summed E-state index contributed by atoms with van der Waals surface area (Å²) in [5, 5.41) is 41.5. The molecule has 2 aliphatic heterocycles.